The standard InChI is InChI=1S/C30H33N7O8/c1-45-30(44)24(31)15-19(18-38)3-2-4-25(39)32-16-26(40)33-20-5-9-22(10-6-20)35-36-23-11-7-21(8-12-23)34-27(41)17-37-28(42)13-14-29(37)43/h5-14,18-19,24H,2-4,15-17,31H2,1H3,(H,32,39)(H,33,40)(H,34,41)/b36-35+/t19-,24+/m1/s1. The summed E-state index contributed by atoms with van der Waals surface area (Å²) in [5, 5.41) is 16.0. The molecule has 5 N–H and O–H groups in total. The third-order valence-corrected chi connectivity index (χ3v) is 6.46. The zero-order chi connectivity index (χ0) is 32.8. The van der Waals surface area contributed by atoms with E-state index < -0.39 is 41.6 Å². The number of imide groups is 1. The molecule has 15 heteroatoms. The molecule has 0 saturated carbocycles. The summed E-state index contributed by atoms with van der Waals surface area (Å²) in [5.74, 6) is -3.48. The SMILES string of the molecule is COC(=O)[C@@H](N)C[C@H](C=O)CCCC(=O)NCC(=O)Nc1ccc(/N=N/c2ccc(NC(=O)CN3C(=O)C=CC3=O)cc2)cc1. The number of hydrogen-bond acceptors (Lipinski definition) is 11. The van der Waals surface area contributed by atoms with Crippen LogP contribution in [0.15, 0.2) is 70.9 Å². The van der Waals surface area contributed by atoms with Crippen LogP contribution in [0.2, 0.25) is 0 Å². The number of methoxy groups -OCH3 is 1. The first-order valence-electron chi connectivity index (χ1n) is 13.9. The molecule has 5 amide bonds. The summed E-state index contributed by atoms with van der Waals surface area (Å²) in [6.07, 6.45) is 3.89. The fraction of sp³-hybridized carbons (Fsp3) is 0.300. The van der Waals surface area contributed by atoms with Crippen molar-refractivity contribution >= 4 is 64.5 Å². The summed E-state index contributed by atoms with van der Waals surface area (Å²) in [5.41, 5.74) is 7.62. The fourth-order valence-corrected chi connectivity index (χ4v) is 4.08. The molecule has 2 aromatic carbocycles. The maximum absolute atomic E-state index is 12.2. The Morgan fingerprint density at radius 3 is 1.91 bits per heavy atom. The topological polar surface area (TPSA) is 219 Å². The first kappa shape index (κ1) is 33.9. The molecule has 3 rings (SSSR count). The first-order chi connectivity index (χ1) is 21.6. The number of carbonyl (C=O) groups excluding carboxylic acids is 7. The van der Waals surface area contributed by atoms with Crippen LogP contribution in [0, 0.1) is 5.92 Å². The van der Waals surface area contributed by atoms with Crippen LogP contribution in [-0.4, -0.2) is 72.9 Å². The monoisotopic (exact) mass is 619 g/mol. The lowest BCUT2D eigenvalue weighted by Crippen LogP contribution is -2.37. The molecule has 0 fully saturated rings. The lowest BCUT2D eigenvalue weighted by atomic mass is 9.96. The number of hydrogen-bond donors (Lipinski definition) is 4. The molecule has 2 atom stereocenters. The number of anilines is 2. The summed E-state index contributed by atoms with van der Waals surface area (Å²) in [6.45, 7) is -0.633. The molecule has 1 heterocycles. The number of esters is 1. The number of nitrogens with two attached hydrogens (primary N) is 1. The van der Waals surface area contributed by atoms with Crippen LogP contribution >= 0.6 is 0 Å². The number of aldehydes is 1. The molecule has 45 heavy (non-hydrogen) atoms. The zero-order valence-electron chi connectivity index (χ0n) is 24.4. The quantitative estimate of drug-likeness (QED) is 0.0931. The Labute approximate surface area is 258 Å². The number of carbonyl (C=O) groups is 7. The van der Waals surface area contributed by atoms with Gasteiger partial charge in [0.05, 0.1) is 25.0 Å². The van der Waals surface area contributed by atoms with Crippen LogP contribution in [-0.2, 0) is 38.3 Å². The Bertz CT molecular complexity index is 1450. The molecular formula is C30H33N7O8. The molecule has 0 spiro atoms. The van der Waals surface area contributed by atoms with Crippen LogP contribution in [0.4, 0.5) is 22.7 Å². The third-order valence-electron chi connectivity index (χ3n) is 6.46. The molecular weight excluding hydrogens is 586 g/mol. The van der Waals surface area contributed by atoms with E-state index >= 15 is 0 Å². The Balaban J connectivity index is 1.36. The number of azo groups is 1. The average molecular weight is 620 g/mol. The molecule has 236 valence electrons. The lowest BCUT2D eigenvalue weighted by Gasteiger charge is -2.14. The Kier molecular flexibility index (Phi) is 12.7. The minimum atomic E-state index is -0.908. The smallest absolute Gasteiger partial charge is 0.322 e. The van der Waals surface area contributed by atoms with Gasteiger partial charge in [-0.3, -0.25) is 33.7 Å². The normalized spacial score (nSPS) is 13.8. The van der Waals surface area contributed by atoms with Crippen molar-refractivity contribution in [2.45, 2.75) is 31.7 Å². The molecule has 0 saturated heterocycles. The highest BCUT2D eigenvalue weighted by Crippen LogP contribution is 2.22. The van der Waals surface area contributed by atoms with E-state index in [0.29, 0.717) is 41.9 Å². The molecule has 0 aromatic heterocycles. The molecule has 1 aliphatic rings. The lowest BCUT2D eigenvalue weighted by molar-refractivity contribution is -0.142. The molecule has 0 unspecified atom stereocenters. The van der Waals surface area contributed by atoms with E-state index in [2.05, 4.69) is 30.9 Å². The Hall–Kier alpha value is -5.57. The van der Waals surface area contributed by atoms with Crippen molar-refractivity contribution in [3.8, 4) is 0 Å². The number of ether oxygens (including phenoxy) is 1. The number of nitrogens with zero attached hydrogens (tertiary/aromatic N) is 3. The predicted molar refractivity (Wildman–Crippen MR) is 161 cm³/mol. The number of benzene rings is 2. The second kappa shape index (κ2) is 16.9. The van der Waals surface area contributed by atoms with Crippen molar-refractivity contribution in [3.05, 3.63) is 60.7 Å². The molecule has 0 radical (unpaired) electrons. The first-order valence-corrected chi connectivity index (χ1v) is 13.9. The van der Waals surface area contributed by atoms with Crippen molar-refractivity contribution in [2.75, 3.05) is 30.8 Å². The van der Waals surface area contributed by atoms with Gasteiger partial charge in [-0.1, -0.05) is 0 Å². The maximum Gasteiger partial charge on any atom is 0.322 e. The number of nitrogens with one attached hydrogen (secondary N) is 3. The highest BCUT2D eigenvalue weighted by molar-refractivity contribution is 6.15. The van der Waals surface area contributed by atoms with E-state index in [1.54, 1.807) is 48.5 Å². The van der Waals surface area contributed by atoms with Gasteiger partial charge in [-0.05, 0) is 67.8 Å². The summed E-state index contributed by atoms with van der Waals surface area (Å²) in [4.78, 5) is 83.1. The van der Waals surface area contributed by atoms with Gasteiger partial charge in [0.15, 0.2) is 0 Å². The molecule has 0 bridgehead atoms. The van der Waals surface area contributed by atoms with Crippen molar-refractivity contribution < 1.29 is 38.3 Å². The van der Waals surface area contributed by atoms with E-state index in [-0.39, 0.29) is 31.8 Å². The highest BCUT2D eigenvalue weighted by Gasteiger charge is 2.25. The van der Waals surface area contributed by atoms with E-state index in [9.17, 15) is 33.6 Å². The summed E-state index contributed by atoms with van der Waals surface area (Å²) in [6, 6.07) is 12.0. The maximum atomic E-state index is 12.2. The molecule has 15 nitrogen and oxygen atoms in total. The summed E-state index contributed by atoms with van der Waals surface area (Å²) in [7, 11) is 1.21. The van der Waals surface area contributed by atoms with Gasteiger partial charge in [0.1, 0.15) is 18.9 Å². The Morgan fingerprint density at radius 2 is 1.40 bits per heavy atom. The van der Waals surface area contributed by atoms with E-state index in [4.69, 9.17) is 5.73 Å². The Morgan fingerprint density at radius 1 is 0.867 bits per heavy atom. The van der Waals surface area contributed by atoms with E-state index in [1.807, 2.05) is 0 Å². The van der Waals surface area contributed by atoms with Crippen LogP contribution in [0.25, 0.3) is 0 Å². The van der Waals surface area contributed by atoms with Crippen LogP contribution in [0.5, 0.6) is 0 Å². The number of amides is 5. The minimum Gasteiger partial charge on any atom is -0.468 e. The van der Waals surface area contributed by atoms with Gasteiger partial charge in [0.2, 0.25) is 17.7 Å². The van der Waals surface area contributed by atoms with Crippen molar-refractivity contribution in [2.24, 2.45) is 21.9 Å². The van der Waals surface area contributed by atoms with Crippen molar-refractivity contribution in [1.82, 2.24) is 10.2 Å². The second-order valence-corrected chi connectivity index (χ2v) is 9.92. The zero-order valence-corrected chi connectivity index (χ0v) is 24.4. The van der Waals surface area contributed by atoms with Gasteiger partial charge in [-0.15, -0.1) is 0 Å². The summed E-state index contributed by atoms with van der Waals surface area (Å²) < 4.78 is 4.54. The third kappa shape index (κ3) is 11.2. The molecule has 2 aromatic rings. The van der Waals surface area contributed by atoms with Crippen LogP contribution in [0.1, 0.15) is 25.7 Å². The average Bonchev–Trinajstić information content (AvgIpc) is 3.35. The van der Waals surface area contributed by atoms with Gasteiger partial charge in [-0.25, -0.2) is 0 Å². The largest absolute Gasteiger partial charge is 0.468 e. The second-order valence-electron chi connectivity index (χ2n) is 9.92. The van der Waals surface area contributed by atoms with Gasteiger partial charge < -0.3 is 31.2 Å². The van der Waals surface area contributed by atoms with E-state index in [1.165, 1.54) is 7.11 Å². The van der Waals surface area contributed by atoms with Crippen molar-refractivity contribution in [1.29, 1.82) is 0 Å². The molecule has 1 aliphatic heterocycles. The van der Waals surface area contributed by atoms with Gasteiger partial charge in [0.25, 0.3) is 11.8 Å². The van der Waals surface area contributed by atoms with E-state index in [0.717, 1.165) is 17.1 Å². The van der Waals surface area contributed by atoms with Gasteiger partial charge >= 0.3 is 5.97 Å². The van der Waals surface area contributed by atoms with Crippen molar-refractivity contribution in [3.63, 3.8) is 0 Å². The van der Waals surface area contributed by atoms with Crippen LogP contribution in [0.3, 0.4) is 0 Å². The van der Waals surface area contributed by atoms with Gasteiger partial charge in [0, 0.05) is 35.9 Å². The van der Waals surface area contributed by atoms with Gasteiger partial charge in [-0.2, -0.15) is 10.2 Å². The summed E-state index contributed by atoms with van der Waals surface area (Å²) >= 11 is 0. The predicted octanol–water partition coefficient (Wildman–Crippen LogP) is 1.90. The molecule has 0 aliphatic carbocycles. The highest BCUT2D eigenvalue weighted by atomic mass is 16.5. The minimum absolute atomic E-state index is 0.100. The van der Waals surface area contributed by atoms with Crippen LogP contribution < -0.4 is 21.7 Å². The number of rotatable bonds is 16. The fourth-order valence-electron chi connectivity index (χ4n) is 4.08.